The van der Waals surface area contributed by atoms with E-state index in [1.165, 1.54) is 32.1 Å². The Balaban J connectivity index is 2.49. The number of nitrogens with one attached hydrogen (secondary N) is 1. The van der Waals surface area contributed by atoms with Crippen molar-refractivity contribution in [2.75, 3.05) is 6.61 Å². The predicted molar refractivity (Wildman–Crippen MR) is 96.4 cm³/mol. The van der Waals surface area contributed by atoms with Crippen LogP contribution in [0.2, 0.25) is 0 Å². The SMILES string of the molecule is CCCOP(=S)(NC=NC1CCCCC1)SC(C)CC. The Morgan fingerprint density at radius 1 is 1.40 bits per heavy atom. The molecule has 3 nitrogen and oxygen atoms in total. The first-order chi connectivity index (χ1) is 9.59. The summed E-state index contributed by atoms with van der Waals surface area (Å²) in [4.78, 5) is 4.64. The lowest BCUT2D eigenvalue weighted by Gasteiger charge is -2.24. The summed E-state index contributed by atoms with van der Waals surface area (Å²) in [6.07, 6.45) is 10.4. The molecule has 0 amide bonds. The van der Waals surface area contributed by atoms with Crippen LogP contribution in [0.3, 0.4) is 0 Å². The van der Waals surface area contributed by atoms with E-state index in [1.807, 2.05) is 6.34 Å². The minimum absolute atomic E-state index is 0.486. The fourth-order valence-corrected chi connectivity index (χ4v) is 7.80. The van der Waals surface area contributed by atoms with Gasteiger partial charge in [-0.1, -0.05) is 51.4 Å². The minimum Gasteiger partial charge on any atom is -0.326 e. The molecule has 1 rings (SSSR count). The number of rotatable bonds is 9. The maximum Gasteiger partial charge on any atom is 0.211 e. The number of hydrogen-bond donors (Lipinski definition) is 1. The fraction of sp³-hybridized carbons (Fsp3) is 0.929. The van der Waals surface area contributed by atoms with Gasteiger partial charge in [-0.2, -0.15) is 0 Å². The summed E-state index contributed by atoms with van der Waals surface area (Å²) in [6, 6.07) is 0.486. The van der Waals surface area contributed by atoms with Gasteiger partial charge in [-0.25, -0.2) is 0 Å². The fourth-order valence-electron chi connectivity index (χ4n) is 2.06. The van der Waals surface area contributed by atoms with E-state index in [9.17, 15) is 0 Å². The smallest absolute Gasteiger partial charge is 0.211 e. The molecule has 2 unspecified atom stereocenters. The van der Waals surface area contributed by atoms with Crippen molar-refractivity contribution in [3.05, 3.63) is 0 Å². The van der Waals surface area contributed by atoms with Crippen LogP contribution < -0.4 is 5.09 Å². The second-order valence-corrected chi connectivity index (χ2v) is 12.3. The molecule has 0 aromatic heterocycles. The van der Waals surface area contributed by atoms with Crippen LogP contribution in [0, 0.1) is 0 Å². The van der Waals surface area contributed by atoms with E-state index in [-0.39, 0.29) is 0 Å². The Morgan fingerprint density at radius 2 is 2.10 bits per heavy atom. The van der Waals surface area contributed by atoms with Crippen LogP contribution >= 0.6 is 17.0 Å². The Hall–Kier alpha value is 0.430. The van der Waals surface area contributed by atoms with Crippen molar-refractivity contribution in [2.24, 2.45) is 4.99 Å². The van der Waals surface area contributed by atoms with Crippen LogP contribution in [0.1, 0.15) is 65.7 Å². The summed E-state index contributed by atoms with van der Waals surface area (Å²) in [7, 11) is 0. The molecule has 0 aliphatic heterocycles. The minimum atomic E-state index is -2.03. The summed E-state index contributed by atoms with van der Waals surface area (Å²) in [5.74, 6) is 0. The van der Waals surface area contributed by atoms with E-state index in [4.69, 9.17) is 16.3 Å². The molecule has 20 heavy (non-hydrogen) atoms. The zero-order valence-electron chi connectivity index (χ0n) is 13.0. The highest BCUT2D eigenvalue weighted by Gasteiger charge is 2.20. The van der Waals surface area contributed by atoms with Crippen molar-refractivity contribution >= 4 is 35.1 Å². The van der Waals surface area contributed by atoms with E-state index >= 15 is 0 Å². The summed E-state index contributed by atoms with van der Waals surface area (Å²) < 4.78 is 5.93. The van der Waals surface area contributed by atoms with Crippen LogP contribution in [0.4, 0.5) is 0 Å². The van der Waals surface area contributed by atoms with Crippen LogP contribution in [0.25, 0.3) is 0 Å². The first-order valence-electron chi connectivity index (χ1n) is 7.82. The molecule has 1 fully saturated rings. The van der Waals surface area contributed by atoms with Crippen molar-refractivity contribution in [3.8, 4) is 0 Å². The quantitative estimate of drug-likeness (QED) is 0.360. The zero-order chi connectivity index (χ0) is 14.8. The molecule has 0 heterocycles. The average molecular weight is 337 g/mol. The monoisotopic (exact) mass is 336 g/mol. The third-order valence-corrected chi connectivity index (χ3v) is 9.31. The van der Waals surface area contributed by atoms with E-state index in [0.717, 1.165) is 19.4 Å². The molecule has 1 N–H and O–H groups in total. The van der Waals surface area contributed by atoms with Gasteiger partial charge in [-0.05, 0) is 37.5 Å². The van der Waals surface area contributed by atoms with Crippen LogP contribution in [0.15, 0.2) is 4.99 Å². The summed E-state index contributed by atoms with van der Waals surface area (Å²) in [5, 5.41) is 3.84. The van der Waals surface area contributed by atoms with Gasteiger partial charge in [-0.15, -0.1) is 0 Å². The second kappa shape index (κ2) is 10.2. The Labute approximate surface area is 133 Å². The number of hydrogen-bond acceptors (Lipinski definition) is 4. The molecule has 2 atom stereocenters. The third-order valence-electron chi connectivity index (χ3n) is 3.43. The van der Waals surface area contributed by atoms with Gasteiger partial charge in [0.1, 0.15) is 0 Å². The summed E-state index contributed by atoms with van der Waals surface area (Å²) >= 11 is 7.50. The van der Waals surface area contributed by atoms with Crippen molar-refractivity contribution in [1.29, 1.82) is 0 Å². The van der Waals surface area contributed by atoms with Crippen LogP contribution in [-0.4, -0.2) is 24.2 Å². The second-order valence-electron chi connectivity index (χ2n) is 5.35. The average Bonchev–Trinajstić information content (AvgIpc) is 2.46. The Kier molecular flexibility index (Phi) is 9.43. The first-order valence-corrected chi connectivity index (χ1v) is 12.0. The largest absolute Gasteiger partial charge is 0.326 e. The highest BCUT2D eigenvalue weighted by atomic mass is 32.9. The highest BCUT2D eigenvalue weighted by molar-refractivity contribution is 8.69. The topological polar surface area (TPSA) is 33.6 Å². The molecule has 0 spiro atoms. The van der Waals surface area contributed by atoms with Crippen molar-refractivity contribution in [2.45, 2.75) is 77.0 Å². The van der Waals surface area contributed by atoms with Gasteiger partial charge >= 0.3 is 0 Å². The van der Waals surface area contributed by atoms with E-state index in [2.05, 4.69) is 30.9 Å². The molecule has 6 heteroatoms. The zero-order valence-corrected chi connectivity index (χ0v) is 15.5. The lowest BCUT2D eigenvalue weighted by Crippen LogP contribution is -2.15. The molecule has 0 aromatic carbocycles. The standard InChI is InChI=1S/C14H29N2OPS2/c1-4-11-17-18(19,20-13(3)5-2)16-12-15-14-9-7-6-8-10-14/h12-14H,4-11H2,1-3H3,(H,15,16,19). The molecular weight excluding hydrogens is 307 g/mol. The first kappa shape index (κ1) is 18.5. The highest BCUT2D eigenvalue weighted by Crippen LogP contribution is 2.58. The van der Waals surface area contributed by atoms with Crippen molar-refractivity contribution in [3.63, 3.8) is 0 Å². The third kappa shape index (κ3) is 7.44. The van der Waals surface area contributed by atoms with E-state index in [1.54, 1.807) is 11.4 Å². The molecule has 118 valence electrons. The summed E-state index contributed by atoms with van der Waals surface area (Å²) in [6.45, 7) is 7.24. The van der Waals surface area contributed by atoms with Crippen LogP contribution in [-0.2, 0) is 16.3 Å². The lowest BCUT2D eigenvalue weighted by molar-refractivity contribution is 0.356. The molecule has 0 bridgehead atoms. The van der Waals surface area contributed by atoms with Gasteiger partial charge in [0, 0.05) is 5.25 Å². The van der Waals surface area contributed by atoms with Crippen molar-refractivity contribution in [1.82, 2.24) is 5.09 Å². The molecule has 1 aliphatic rings. The van der Waals surface area contributed by atoms with E-state index in [0.29, 0.717) is 11.3 Å². The molecule has 1 saturated carbocycles. The van der Waals surface area contributed by atoms with Gasteiger partial charge in [-0.3, -0.25) is 4.99 Å². The molecular formula is C14H29N2OPS2. The maximum absolute atomic E-state index is 5.93. The van der Waals surface area contributed by atoms with Crippen LogP contribution in [0.5, 0.6) is 0 Å². The van der Waals surface area contributed by atoms with Gasteiger partial charge in [0.05, 0.1) is 19.0 Å². The van der Waals surface area contributed by atoms with Gasteiger partial charge in [0.15, 0.2) is 0 Å². The predicted octanol–water partition coefficient (Wildman–Crippen LogP) is 5.12. The molecule has 0 aromatic rings. The number of nitrogens with zero attached hydrogens (tertiary/aromatic N) is 1. The lowest BCUT2D eigenvalue weighted by atomic mass is 9.96. The molecule has 0 radical (unpaired) electrons. The van der Waals surface area contributed by atoms with E-state index < -0.39 is 5.62 Å². The van der Waals surface area contributed by atoms with Gasteiger partial charge in [0.25, 0.3) is 0 Å². The normalized spacial score (nSPS) is 21.8. The summed E-state index contributed by atoms with van der Waals surface area (Å²) in [5.41, 5.74) is -2.03. The molecule has 0 saturated heterocycles. The van der Waals surface area contributed by atoms with Gasteiger partial charge < -0.3 is 9.61 Å². The van der Waals surface area contributed by atoms with Gasteiger partial charge in [0.2, 0.25) is 5.62 Å². The number of aliphatic imine (C=N–C) groups is 1. The Morgan fingerprint density at radius 3 is 2.70 bits per heavy atom. The Bertz CT molecular complexity index is 333. The van der Waals surface area contributed by atoms with Crippen molar-refractivity contribution < 1.29 is 4.52 Å². The maximum atomic E-state index is 5.93. The molecule has 1 aliphatic carbocycles.